The maximum Gasteiger partial charge on any atom is 0.240 e. The minimum atomic E-state index is -0.432. The largest absolute Gasteiger partial charge is 0.340 e. The Kier molecular flexibility index (Phi) is 5.22. The highest BCUT2D eigenvalue weighted by Crippen LogP contribution is 2.27. The van der Waals surface area contributed by atoms with Gasteiger partial charge in [0.2, 0.25) is 5.91 Å². The van der Waals surface area contributed by atoms with E-state index in [-0.39, 0.29) is 18.3 Å². The lowest BCUT2D eigenvalue weighted by atomic mass is 9.95. The molecule has 1 aromatic rings. The van der Waals surface area contributed by atoms with Crippen molar-refractivity contribution in [2.24, 2.45) is 0 Å². The quantitative estimate of drug-likeness (QED) is 0.776. The zero-order valence-electron chi connectivity index (χ0n) is 9.27. The number of likely N-dealkylation sites (tertiary alicyclic amines) is 1. The van der Waals surface area contributed by atoms with Crippen LogP contribution in [0.15, 0.2) is 22.8 Å². The topological polar surface area (TPSA) is 33.2 Å². The Hall–Kier alpha value is -0.320. The summed E-state index contributed by atoms with van der Waals surface area (Å²) in [4.78, 5) is 17.6. The molecule has 6 heteroatoms. The molecule has 1 amide bonds. The Morgan fingerprint density at radius 2 is 2.24 bits per heavy atom. The second-order valence-electron chi connectivity index (χ2n) is 3.96. The summed E-state index contributed by atoms with van der Waals surface area (Å²) in [7, 11) is 0. The van der Waals surface area contributed by atoms with Gasteiger partial charge in [0.25, 0.3) is 0 Å². The van der Waals surface area contributed by atoms with Crippen molar-refractivity contribution >= 4 is 45.8 Å². The van der Waals surface area contributed by atoms with Crippen LogP contribution in [0.25, 0.3) is 0 Å². The fourth-order valence-corrected chi connectivity index (χ4v) is 2.10. The third-order valence-corrected chi connectivity index (χ3v) is 3.36. The number of rotatable bonds is 2. The maximum atomic E-state index is 11.5. The Balaban J connectivity index is 0.00000144. The van der Waals surface area contributed by atoms with E-state index in [4.69, 9.17) is 11.6 Å². The van der Waals surface area contributed by atoms with Gasteiger partial charge in [-0.05, 0) is 35.0 Å². The molecule has 1 fully saturated rings. The van der Waals surface area contributed by atoms with Crippen LogP contribution in [0.3, 0.4) is 0 Å². The van der Waals surface area contributed by atoms with Gasteiger partial charge in [-0.15, -0.1) is 24.0 Å². The zero-order chi connectivity index (χ0) is 11.7. The van der Waals surface area contributed by atoms with Crippen molar-refractivity contribution in [2.45, 2.75) is 18.2 Å². The second-order valence-corrected chi connectivity index (χ2v) is 5.53. The fraction of sp³-hybridized carbons (Fsp3) is 0.455. The highest BCUT2D eigenvalue weighted by Gasteiger charge is 2.33. The van der Waals surface area contributed by atoms with Gasteiger partial charge in [0, 0.05) is 35.4 Å². The number of halogens is 3. The molecule has 1 saturated heterocycles. The fourth-order valence-electron chi connectivity index (χ4n) is 1.73. The van der Waals surface area contributed by atoms with Crippen LogP contribution in [0, 0.1) is 0 Å². The van der Waals surface area contributed by atoms with E-state index in [1.54, 1.807) is 18.0 Å². The van der Waals surface area contributed by atoms with Crippen molar-refractivity contribution in [2.75, 3.05) is 13.1 Å². The third kappa shape index (κ3) is 3.33. The van der Waals surface area contributed by atoms with Crippen LogP contribution in [0.5, 0.6) is 0 Å². The molecule has 0 aromatic carbocycles. The molecule has 0 aliphatic carbocycles. The lowest BCUT2D eigenvalue weighted by molar-refractivity contribution is -0.134. The molecule has 2 heterocycles. The van der Waals surface area contributed by atoms with Crippen LogP contribution < -0.4 is 0 Å². The van der Waals surface area contributed by atoms with E-state index in [1.165, 1.54) is 0 Å². The van der Waals surface area contributed by atoms with Gasteiger partial charge in [0.1, 0.15) is 5.38 Å². The van der Waals surface area contributed by atoms with Gasteiger partial charge in [-0.1, -0.05) is 0 Å². The van der Waals surface area contributed by atoms with Crippen molar-refractivity contribution in [3.8, 4) is 0 Å². The molecule has 1 atom stereocenters. The number of hydrogen-bond acceptors (Lipinski definition) is 2. The minimum Gasteiger partial charge on any atom is -0.340 e. The van der Waals surface area contributed by atoms with Gasteiger partial charge in [0.05, 0.1) is 0 Å². The Morgan fingerprint density at radius 3 is 2.71 bits per heavy atom. The van der Waals surface area contributed by atoms with Crippen molar-refractivity contribution in [3.05, 3.63) is 28.5 Å². The summed E-state index contributed by atoms with van der Waals surface area (Å²) < 4.78 is 0.970. The highest BCUT2D eigenvalue weighted by molar-refractivity contribution is 9.10. The standard InChI is InChI=1S/C11H12BrClN2O.ClH/c1-7(13)11(16)15-5-8(6-15)10-3-2-9(12)4-14-10;/h2-4,7-8H,5-6H2,1H3;1H. The number of amides is 1. The molecule has 0 saturated carbocycles. The lowest BCUT2D eigenvalue weighted by Crippen LogP contribution is -2.50. The van der Waals surface area contributed by atoms with Crippen molar-refractivity contribution in [3.63, 3.8) is 0 Å². The van der Waals surface area contributed by atoms with Crippen molar-refractivity contribution in [1.29, 1.82) is 0 Å². The molecule has 1 unspecified atom stereocenters. The summed E-state index contributed by atoms with van der Waals surface area (Å²) in [6, 6.07) is 3.96. The van der Waals surface area contributed by atoms with Gasteiger partial charge in [-0.2, -0.15) is 0 Å². The SMILES string of the molecule is CC(Cl)C(=O)N1CC(c2ccc(Br)cn2)C1.Cl. The van der Waals surface area contributed by atoms with Gasteiger partial charge >= 0.3 is 0 Å². The Labute approximate surface area is 120 Å². The minimum absolute atomic E-state index is 0. The van der Waals surface area contributed by atoms with E-state index in [9.17, 15) is 4.79 Å². The molecule has 0 radical (unpaired) electrons. The first-order valence-corrected chi connectivity index (χ1v) is 6.35. The molecule has 17 heavy (non-hydrogen) atoms. The van der Waals surface area contributed by atoms with Crippen LogP contribution in [-0.2, 0) is 4.79 Å². The first-order chi connectivity index (χ1) is 7.58. The second kappa shape index (κ2) is 6.03. The average molecular weight is 340 g/mol. The molecule has 2 rings (SSSR count). The van der Waals surface area contributed by atoms with Crippen molar-refractivity contribution < 1.29 is 4.79 Å². The number of pyridine rings is 1. The maximum absolute atomic E-state index is 11.5. The number of aromatic nitrogens is 1. The first-order valence-electron chi connectivity index (χ1n) is 5.12. The first kappa shape index (κ1) is 14.7. The van der Waals surface area contributed by atoms with Gasteiger partial charge in [-0.3, -0.25) is 9.78 Å². The van der Waals surface area contributed by atoms with E-state index >= 15 is 0 Å². The van der Waals surface area contributed by atoms with Crippen LogP contribution in [0.4, 0.5) is 0 Å². The van der Waals surface area contributed by atoms with Gasteiger partial charge in [0.15, 0.2) is 0 Å². The number of hydrogen-bond donors (Lipinski definition) is 0. The molecule has 1 aromatic heterocycles. The normalized spacial score (nSPS) is 17.0. The van der Waals surface area contributed by atoms with E-state index in [2.05, 4.69) is 20.9 Å². The number of carbonyl (C=O) groups excluding carboxylic acids is 1. The summed E-state index contributed by atoms with van der Waals surface area (Å²) in [5.74, 6) is 0.363. The molecule has 1 aliphatic rings. The average Bonchev–Trinajstić information content (AvgIpc) is 2.18. The number of carbonyl (C=O) groups is 1. The molecule has 0 spiro atoms. The summed E-state index contributed by atoms with van der Waals surface area (Å²) in [6.45, 7) is 3.16. The molecule has 3 nitrogen and oxygen atoms in total. The van der Waals surface area contributed by atoms with Crippen LogP contribution in [0.2, 0.25) is 0 Å². The van der Waals surface area contributed by atoms with Gasteiger partial charge in [-0.25, -0.2) is 0 Å². The molecule has 0 N–H and O–H groups in total. The van der Waals surface area contributed by atoms with E-state index in [1.807, 2.05) is 12.1 Å². The third-order valence-electron chi connectivity index (χ3n) is 2.70. The molecule has 1 aliphatic heterocycles. The highest BCUT2D eigenvalue weighted by atomic mass is 79.9. The number of nitrogens with zero attached hydrogens (tertiary/aromatic N) is 2. The van der Waals surface area contributed by atoms with Gasteiger partial charge < -0.3 is 4.90 Å². The molecular formula is C11H13BrCl2N2O. The summed E-state index contributed by atoms with van der Waals surface area (Å²) in [6.07, 6.45) is 1.78. The van der Waals surface area contributed by atoms with E-state index in [0.29, 0.717) is 5.92 Å². The predicted octanol–water partition coefficient (Wildman–Crippen LogP) is 2.82. The van der Waals surface area contributed by atoms with E-state index < -0.39 is 5.38 Å². The van der Waals surface area contributed by atoms with Crippen LogP contribution >= 0.6 is 39.9 Å². The smallest absolute Gasteiger partial charge is 0.240 e. The summed E-state index contributed by atoms with van der Waals surface area (Å²) in [5.41, 5.74) is 1.04. The Morgan fingerprint density at radius 1 is 1.59 bits per heavy atom. The predicted molar refractivity (Wildman–Crippen MR) is 73.8 cm³/mol. The van der Waals surface area contributed by atoms with Crippen molar-refractivity contribution in [1.82, 2.24) is 9.88 Å². The van der Waals surface area contributed by atoms with Crippen LogP contribution in [0.1, 0.15) is 18.5 Å². The lowest BCUT2D eigenvalue weighted by Gasteiger charge is -2.39. The van der Waals surface area contributed by atoms with E-state index in [0.717, 1.165) is 23.3 Å². The number of alkyl halides is 1. The summed E-state index contributed by atoms with van der Waals surface area (Å²) >= 11 is 9.08. The monoisotopic (exact) mass is 338 g/mol. The summed E-state index contributed by atoms with van der Waals surface area (Å²) in [5, 5.41) is -0.432. The Bertz CT molecular complexity index is 391. The zero-order valence-corrected chi connectivity index (χ0v) is 12.4. The molecule has 94 valence electrons. The van der Waals surface area contributed by atoms with Crippen LogP contribution in [-0.4, -0.2) is 34.3 Å². The molecule has 0 bridgehead atoms. The molecular weight excluding hydrogens is 327 g/mol.